The van der Waals surface area contributed by atoms with E-state index in [4.69, 9.17) is 4.98 Å². The predicted octanol–water partition coefficient (Wildman–Crippen LogP) is 4.28. The number of nitrogens with one attached hydrogen (secondary N) is 3. The number of hydrogen-bond acceptors (Lipinski definition) is 6. The molecule has 29 heavy (non-hydrogen) atoms. The normalized spacial score (nSPS) is 14.8. The van der Waals surface area contributed by atoms with E-state index in [-0.39, 0.29) is 5.91 Å². The maximum atomic E-state index is 12.2. The van der Waals surface area contributed by atoms with Gasteiger partial charge in [-0.15, -0.1) is 11.3 Å². The van der Waals surface area contributed by atoms with Crippen LogP contribution in [0, 0.1) is 5.92 Å². The number of piperidine rings is 1. The highest BCUT2D eigenvalue weighted by Gasteiger charge is 2.16. The SMILES string of the molecule is CNC(=O)c1cccc2sc(-c3nc(NCCC4CCNCC4)ncc3Br)cc12. The summed E-state index contributed by atoms with van der Waals surface area (Å²) in [7, 11) is 1.65. The Morgan fingerprint density at radius 2 is 2.17 bits per heavy atom. The maximum absolute atomic E-state index is 12.2. The van der Waals surface area contributed by atoms with Gasteiger partial charge in [-0.25, -0.2) is 9.97 Å². The second kappa shape index (κ2) is 9.19. The van der Waals surface area contributed by atoms with E-state index in [1.807, 2.05) is 24.3 Å². The number of rotatable bonds is 6. The van der Waals surface area contributed by atoms with Gasteiger partial charge in [0.05, 0.1) is 9.35 Å². The van der Waals surface area contributed by atoms with Gasteiger partial charge in [-0.1, -0.05) is 6.07 Å². The fourth-order valence-electron chi connectivity index (χ4n) is 3.69. The Balaban J connectivity index is 1.55. The highest BCUT2D eigenvalue weighted by Crippen LogP contribution is 2.37. The van der Waals surface area contributed by atoms with Crippen LogP contribution in [0.1, 0.15) is 29.6 Å². The molecular formula is C21H24BrN5OS. The summed E-state index contributed by atoms with van der Waals surface area (Å²) >= 11 is 5.21. The minimum atomic E-state index is -0.0815. The molecule has 0 radical (unpaired) electrons. The number of carbonyl (C=O) groups excluding carboxylic acids is 1. The molecule has 1 aliphatic rings. The van der Waals surface area contributed by atoms with Crippen molar-refractivity contribution in [3.8, 4) is 10.6 Å². The fourth-order valence-corrected chi connectivity index (χ4v) is 5.32. The Bertz CT molecular complexity index is 1020. The van der Waals surface area contributed by atoms with Crippen molar-refractivity contribution in [3.63, 3.8) is 0 Å². The van der Waals surface area contributed by atoms with E-state index in [1.165, 1.54) is 12.8 Å². The van der Waals surface area contributed by atoms with Crippen molar-refractivity contribution in [3.05, 3.63) is 40.5 Å². The molecule has 1 aromatic carbocycles. The van der Waals surface area contributed by atoms with E-state index in [2.05, 4.69) is 36.9 Å². The third-order valence-electron chi connectivity index (χ3n) is 5.31. The number of halogens is 1. The molecule has 1 saturated heterocycles. The van der Waals surface area contributed by atoms with E-state index < -0.39 is 0 Å². The van der Waals surface area contributed by atoms with Crippen LogP contribution in [0.15, 0.2) is 34.9 Å². The third-order valence-corrected chi connectivity index (χ3v) is 6.99. The Kier molecular flexibility index (Phi) is 6.42. The zero-order valence-electron chi connectivity index (χ0n) is 16.3. The van der Waals surface area contributed by atoms with E-state index >= 15 is 0 Å². The standard InChI is InChI=1S/C21H24BrN5OS/c1-23-20(28)14-3-2-4-17-15(14)11-18(29-17)19-16(22)12-26-21(27-19)25-10-7-13-5-8-24-9-6-13/h2-4,11-13,24H,5-10H2,1H3,(H,23,28)(H,25,26,27). The van der Waals surface area contributed by atoms with Crippen LogP contribution in [0.5, 0.6) is 0 Å². The molecule has 1 amide bonds. The summed E-state index contributed by atoms with van der Waals surface area (Å²) in [5, 5.41) is 10.4. The first-order chi connectivity index (χ1) is 14.2. The molecule has 0 bridgehead atoms. The molecular weight excluding hydrogens is 450 g/mol. The lowest BCUT2D eigenvalue weighted by molar-refractivity contribution is 0.0965. The Hall–Kier alpha value is -2.03. The van der Waals surface area contributed by atoms with Crippen LogP contribution < -0.4 is 16.0 Å². The first-order valence-corrected chi connectivity index (χ1v) is 11.5. The quantitative estimate of drug-likeness (QED) is 0.497. The number of nitrogens with zero attached hydrogens (tertiary/aromatic N) is 2. The first kappa shape index (κ1) is 20.3. The van der Waals surface area contributed by atoms with E-state index in [1.54, 1.807) is 24.6 Å². The number of anilines is 1. The average Bonchev–Trinajstić information content (AvgIpc) is 3.19. The molecule has 0 atom stereocenters. The van der Waals surface area contributed by atoms with Gasteiger partial charge in [0.25, 0.3) is 5.91 Å². The van der Waals surface area contributed by atoms with E-state index in [0.29, 0.717) is 11.5 Å². The predicted molar refractivity (Wildman–Crippen MR) is 123 cm³/mol. The largest absolute Gasteiger partial charge is 0.355 e. The molecule has 3 aromatic rings. The summed E-state index contributed by atoms with van der Waals surface area (Å²) in [6.45, 7) is 3.11. The summed E-state index contributed by atoms with van der Waals surface area (Å²) in [4.78, 5) is 22.4. The molecule has 2 aromatic heterocycles. The van der Waals surface area contributed by atoms with Crippen LogP contribution in [0.4, 0.5) is 5.95 Å². The number of benzene rings is 1. The van der Waals surface area contributed by atoms with Crippen molar-refractivity contribution in [1.82, 2.24) is 20.6 Å². The van der Waals surface area contributed by atoms with Crippen LogP contribution in [0.25, 0.3) is 20.7 Å². The smallest absolute Gasteiger partial charge is 0.251 e. The Morgan fingerprint density at radius 3 is 2.97 bits per heavy atom. The average molecular weight is 474 g/mol. The summed E-state index contributed by atoms with van der Waals surface area (Å²) in [5.74, 6) is 1.33. The van der Waals surface area contributed by atoms with Crippen LogP contribution in [0.3, 0.4) is 0 Å². The van der Waals surface area contributed by atoms with Gasteiger partial charge in [-0.2, -0.15) is 0 Å². The van der Waals surface area contributed by atoms with Crippen LogP contribution in [-0.2, 0) is 0 Å². The number of carbonyl (C=O) groups is 1. The zero-order valence-corrected chi connectivity index (χ0v) is 18.7. The Morgan fingerprint density at radius 1 is 1.34 bits per heavy atom. The summed E-state index contributed by atoms with van der Waals surface area (Å²) in [6, 6.07) is 7.83. The number of thiophene rings is 1. The van der Waals surface area contributed by atoms with Gasteiger partial charge in [0, 0.05) is 35.4 Å². The van der Waals surface area contributed by atoms with Crippen LogP contribution in [-0.4, -0.2) is 42.6 Å². The zero-order chi connectivity index (χ0) is 20.2. The topological polar surface area (TPSA) is 78.9 Å². The highest BCUT2D eigenvalue weighted by atomic mass is 79.9. The number of hydrogen-bond donors (Lipinski definition) is 3. The Labute approximate surface area is 182 Å². The van der Waals surface area contributed by atoms with E-state index in [0.717, 1.165) is 57.1 Å². The van der Waals surface area contributed by atoms with Crippen molar-refractivity contribution in [2.45, 2.75) is 19.3 Å². The van der Waals surface area contributed by atoms with Gasteiger partial charge in [-0.3, -0.25) is 4.79 Å². The maximum Gasteiger partial charge on any atom is 0.251 e. The number of aromatic nitrogens is 2. The molecule has 1 aliphatic heterocycles. The molecule has 1 fully saturated rings. The molecule has 0 unspecified atom stereocenters. The highest BCUT2D eigenvalue weighted by molar-refractivity contribution is 9.10. The number of fused-ring (bicyclic) bond motifs is 1. The van der Waals surface area contributed by atoms with Gasteiger partial charge in [0.2, 0.25) is 5.95 Å². The van der Waals surface area contributed by atoms with Crippen molar-refractivity contribution in [1.29, 1.82) is 0 Å². The molecule has 0 saturated carbocycles. The lowest BCUT2D eigenvalue weighted by Crippen LogP contribution is -2.28. The van der Waals surface area contributed by atoms with Gasteiger partial charge in [0.1, 0.15) is 5.69 Å². The summed E-state index contributed by atoms with van der Waals surface area (Å²) in [5.41, 5.74) is 1.52. The van der Waals surface area contributed by atoms with Gasteiger partial charge >= 0.3 is 0 Å². The molecule has 4 rings (SSSR count). The third kappa shape index (κ3) is 4.60. The molecule has 3 heterocycles. The van der Waals surface area contributed by atoms with Gasteiger partial charge in [0.15, 0.2) is 0 Å². The van der Waals surface area contributed by atoms with Gasteiger partial charge < -0.3 is 16.0 Å². The lowest BCUT2D eigenvalue weighted by Gasteiger charge is -2.22. The van der Waals surface area contributed by atoms with Crippen molar-refractivity contribution >= 4 is 49.2 Å². The molecule has 0 spiro atoms. The van der Waals surface area contributed by atoms with Crippen LogP contribution in [0.2, 0.25) is 0 Å². The molecule has 0 aliphatic carbocycles. The summed E-state index contributed by atoms with van der Waals surface area (Å²) in [6.07, 6.45) is 5.40. The lowest BCUT2D eigenvalue weighted by atomic mass is 9.95. The van der Waals surface area contributed by atoms with Gasteiger partial charge in [-0.05, 0) is 72.4 Å². The second-order valence-corrected chi connectivity index (χ2v) is 9.14. The van der Waals surface area contributed by atoms with Crippen molar-refractivity contribution < 1.29 is 4.79 Å². The molecule has 3 N–H and O–H groups in total. The van der Waals surface area contributed by atoms with Crippen molar-refractivity contribution in [2.75, 3.05) is 32.0 Å². The van der Waals surface area contributed by atoms with Crippen LogP contribution >= 0.6 is 27.3 Å². The molecule has 8 heteroatoms. The molecule has 6 nitrogen and oxygen atoms in total. The second-order valence-electron chi connectivity index (χ2n) is 7.21. The summed E-state index contributed by atoms with van der Waals surface area (Å²) < 4.78 is 1.90. The monoisotopic (exact) mass is 473 g/mol. The first-order valence-electron chi connectivity index (χ1n) is 9.88. The fraction of sp³-hybridized carbons (Fsp3) is 0.381. The molecule has 152 valence electrons. The number of amides is 1. The minimum Gasteiger partial charge on any atom is -0.355 e. The van der Waals surface area contributed by atoms with Crippen molar-refractivity contribution in [2.24, 2.45) is 5.92 Å². The van der Waals surface area contributed by atoms with E-state index in [9.17, 15) is 4.79 Å². The minimum absolute atomic E-state index is 0.0815.